The van der Waals surface area contributed by atoms with E-state index in [0.29, 0.717) is 5.75 Å². The maximum atomic E-state index is 12.1. The van der Waals surface area contributed by atoms with Crippen LogP contribution >= 0.6 is 0 Å². The van der Waals surface area contributed by atoms with Gasteiger partial charge in [0.1, 0.15) is 5.75 Å². The molecule has 0 spiro atoms. The minimum atomic E-state index is -4.10. The highest BCUT2D eigenvalue weighted by Gasteiger charge is 2.26. The molecule has 2 rings (SSSR count). The normalized spacial score (nSPS) is 16.4. The fourth-order valence-corrected chi connectivity index (χ4v) is 3.19. The third-order valence-corrected chi connectivity index (χ3v) is 4.66. The highest BCUT2D eigenvalue weighted by molar-refractivity contribution is 5.49. The monoisotopic (exact) mass is 343 g/mol. The Morgan fingerprint density at radius 2 is 1.75 bits per heavy atom. The summed E-state index contributed by atoms with van der Waals surface area (Å²) in [6.07, 6.45) is 1.53. The van der Waals surface area contributed by atoms with E-state index in [-0.39, 0.29) is 13.0 Å². The fourth-order valence-electron chi connectivity index (χ4n) is 3.19. The Morgan fingerprint density at radius 3 is 2.33 bits per heavy atom. The quantitative estimate of drug-likeness (QED) is 0.552. The van der Waals surface area contributed by atoms with Crippen LogP contribution < -0.4 is 9.64 Å². The van der Waals surface area contributed by atoms with Crippen molar-refractivity contribution in [2.75, 3.05) is 24.6 Å². The first-order valence-electron chi connectivity index (χ1n) is 9.02. The predicted molar refractivity (Wildman–Crippen MR) is 91.7 cm³/mol. The number of nitrogens with zero attached hydrogens (tertiary/aromatic N) is 1. The number of ether oxygens (including phenoxy) is 1. The molecule has 0 saturated carbocycles. The lowest BCUT2D eigenvalue weighted by atomic mass is 9.91. The largest absolute Gasteiger partial charge is 0.494 e. The Balaban J connectivity index is 1.72. The molecule has 1 fully saturated rings. The lowest BCUT2D eigenvalue weighted by Gasteiger charge is -2.33. The van der Waals surface area contributed by atoms with Gasteiger partial charge in [-0.1, -0.05) is 26.2 Å². The number of halogens is 3. The zero-order valence-electron chi connectivity index (χ0n) is 14.4. The maximum absolute atomic E-state index is 12.1. The molecular weight excluding hydrogens is 315 g/mol. The second-order valence-electron chi connectivity index (χ2n) is 6.63. The van der Waals surface area contributed by atoms with Gasteiger partial charge in [-0.15, -0.1) is 0 Å². The molecule has 1 aromatic carbocycles. The molecule has 1 heterocycles. The number of alkyl halides is 3. The first-order valence-corrected chi connectivity index (χ1v) is 9.02. The van der Waals surface area contributed by atoms with Gasteiger partial charge in [0.2, 0.25) is 0 Å². The van der Waals surface area contributed by atoms with Gasteiger partial charge in [-0.2, -0.15) is 13.2 Å². The van der Waals surface area contributed by atoms with Crippen LogP contribution in [-0.2, 0) is 0 Å². The van der Waals surface area contributed by atoms with E-state index in [9.17, 15) is 13.2 Å². The van der Waals surface area contributed by atoms with Crippen LogP contribution in [0.5, 0.6) is 5.75 Å². The van der Waals surface area contributed by atoms with Gasteiger partial charge in [-0.25, -0.2) is 0 Å². The van der Waals surface area contributed by atoms with Gasteiger partial charge in [0.05, 0.1) is 6.61 Å². The van der Waals surface area contributed by atoms with Crippen molar-refractivity contribution in [3.05, 3.63) is 24.3 Å². The van der Waals surface area contributed by atoms with E-state index in [1.165, 1.54) is 37.8 Å². The first kappa shape index (κ1) is 18.9. The topological polar surface area (TPSA) is 12.5 Å². The predicted octanol–water partition coefficient (Wildman–Crippen LogP) is 5.81. The van der Waals surface area contributed by atoms with Crippen molar-refractivity contribution < 1.29 is 17.9 Å². The fraction of sp³-hybridized carbons (Fsp3) is 0.684. The number of hydrogen-bond acceptors (Lipinski definition) is 2. The maximum Gasteiger partial charge on any atom is 0.389 e. The van der Waals surface area contributed by atoms with Gasteiger partial charge >= 0.3 is 6.18 Å². The summed E-state index contributed by atoms with van der Waals surface area (Å²) in [5, 5.41) is 0. The molecule has 0 N–H and O–H groups in total. The molecular formula is C19H28F3NO. The number of rotatable bonds is 8. The van der Waals surface area contributed by atoms with Crippen molar-refractivity contribution in [2.24, 2.45) is 5.92 Å². The van der Waals surface area contributed by atoms with Gasteiger partial charge in [0, 0.05) is 25.2 Å². The minimum Gasteiger partial charge on any atom is -0.494 e. The van der Waals surface area contributed by atoms with E-state index in [4.69, 9.17) is 4.74 Å². The highest BCUT2D eigenvalue weighted by Crippen LogP contribution is 2.28. The third-order valence-electron chi connectivity index (χ3n) is 4.66. The number of benzene rings is 1. The summed E-state index contributed by atoms with van der Waals surface area (Å²) in [6.45, 7) is 4.50. The summed E-state index contributed by atoms with van der Waals surface area (Å²) in [7, 11) is 0. The molecule has 5 heteroatoms. The van der Waals surface area contributed by atoms with Crippen LogP contribution in [-0.4, -0.2) is 25.9 Å². The summed E-state index contributed by atoms with van der Waals surface area (Å²) < 4.78 is 41.6. The van der Waals surface area contributed by atoms with Crippen LogP contribution in [0.25, 0.3) is 0 Å². The molecule has 0 amide bonds. The highest BCUT2D eigenvalue weighted by atomic mass is 19.4. The lowest BCUT2D eigenvalue weighted by molar-refractivity contribution is -0.136. The molecule has 136 valence electrons. The second-order valence-corrected chi connectivity index (χ2v) is 6.63. The Kier molecular flexibility index (Phi) is 7.25. The molecule has 1 aliphatic heterocycles. The van der Waals surface area contributed by atoms with Crippen molar-refractivity contribution in [1.29, 1.82) is 0 Å². The van der Waals surface area contributed by atoms with Crippen LogP contribution in [0.1, 0.15) is 51.9 Å². The van der Waals surface area contributed by atoms with Crippen molar-refractivity contribution in [3.8, 4) is 5.75 Å². The average Bonchev–Trinajstić information content (AvgIpc) is 2.57. The van der Waals surface area contributed by atoms with E-state index in [1.807, 2.05) is 24.3 Å². The van der Waals surface area contributed by atoms with Crippen LogP contribution in [0.4, 0.5) is 18.9 Å². The molecule has 2 nitrogen and oxygen atoms in total. The summed E-state index contributed by atoms with van der Waals surface area (Å²) in [6, 6.07) is 7.72. The smallest absolute Gasteiger partial charge is 0.389 e. The molecule has 0 radical (unpaired) electrons. The van der Waals surface area contributed by atoms with Crippen LogP contribution in [0.2, 0.25) is 0 Å². The first-order chi connectivity index (χ1) is 11.5. The van der Waals surface area contributed by atoms with Gasteiger partial charge in [-0.3, -0.25) is 0 Å². The van der Waals surface area contributed by atoms with Crippen molar-refractivity contribution in [2.45, 2.75) is 58.0 Å². The number of anilines is 1. The van der Waals surface area contributed by atoms with Gasteiger partial charge in [0.15, 0.2) is 0 Å². The van der Waals surface area contributed by atoms with Crippen molar-refractivity contribution >= 4 is 5.69 Å². The summed E-state index contributed by atoms with van der Waals surface area (Å²) in [5.41, 5.74) is 1.17. The minimum absolute atomic E-state index is 0.00345. The molecule has 1 aliphatic rings. The standard InChI is InChI=1S/C19H28F3NO/c1-2-3-5-16-10-13-23(14-11-16)17-6-8-18(9-7-17)24-15-4-12-19(20,21)22/h6-9,16H,2-5,10-15H2,1H3. The summed E-state index contributed by atoms with van der Waals surface area (Å²) in [5.74, 6) is 1.50. The van der Waals surface area contributed by atoms with E-state index in [2.05, 4.69) is 11.8 Å². The SMILES string of the molecule is CCCCC1CCN(c2ccc(OCCCC(F)(F)F)cc2)CC1. The van der Waals surface area contributed by atoms with Gasteiger partial charge < -0.3 is 9.64 Å². The van der Waals surface area contributed by atoms with Gasteiger partial charge in [0.25, 0.3) is 0 Å². The Bertz CT molecular complexity index is 464. The molecule has 0 bridgehead atoms. The summed E-state index contributed by atoms with van der Waals surface area (Å²) >= 11 is 0. The number of unbranched alkanes of at least 4 members (excludes halogenated alkanes) is 1. The van der Waals surface area contributed by atoms with E-state index >= 15 is 0 Å². The molecule has 0 aliphatic carbocycles. The van der Waals surface area contributed by atoms with Crippen LogP contribution in [0, 0.1) is 5.92 Å². The van der Waals surface area contributed by atoms with Crippen molar-refractivity contribution in [1.82, 2.24) is 0 Å². The van der Waals surface area contributed by atoms with E-state index in [1.54, 1.807) is 0 Å². The molecule has 24 heavy (non-hydrogen) atoms. The molecule has 0 atom stereocenters. The number of piperidine rings is 1. The lowest BCUT2D eigenvalue weighted by Crippen LogP contribution is -2.33. The second kappa shape index (κ2) is 9.19. The van der Waals surface area contributed by atoms with Gasteiger partial charge in [-0.05, 0) is 49.4 Å². The van der Waals surface area contributed by atoms with Crippen molar-refractivity contribution in [3.63, 3.8) is 0 Å². The molecule has 0 aromatic heterocycles. The Hall–Kier alpha value is -1.39. The molecule has 1 aromatic rings. The Morgan fingerprint density at radius 1 is 1.08 bits per heavy atom. The molecule has 1 saturated heterocycles. The van der Waals surface area contributed by atoms with Crippen LogP contribution in [0.15, 0.2) is 24.3 Å². The third kappa shape index (κ3) is 6.62. The molecule has 0 unspecified atom stereocenters. The average molecular weight is 343 g/mol. The zero-order chi connectivity index (χ0) is 17.4. The van der Waals surface area contributed by atoms with E-state index in [0.717, 1.165) is 19.0 Å². The van der Waals surface area contributed by atoms with E-state index < -0.39 is 12.6 Å². The summed E-state index contributed by atoms with van der Waals surface area (Å²) in [4.78, 5) is 2.38. The zero-order valence-corrected chi connectivity index (χ0v) is 14.4. The van der Waals surface area contributed by atoms with Crippen LogP contribution in [0.3, 0.4) is 0 Å². The Labute approximate surface area is 143 Å². The number of hydrogen-bond donors (Lipinski definition) is 0.